The molecule has 2 unspecified atom stereocenters. The van der Waals surface area contributed by atoms with E-state index in [2.05, 4.69) is 10.6 Å². The Kier molecular flexibility index (Phi) is 4.48. The largest absolute Gasteiger partial charge is 0.445 e. The SMILES string of the molecule is O=C(NC1C(=O)NC1c1ccc(Cl)cc1)OCc1ccccc1. The maximum absolute atomic E-state index is 11.9. The number of alkyl carbamates (subject to hydrolysis) is 1. The third-order valence-electron chi connectivity index (χ3n) is 3.63. The molecule has 2 aromatic rings. The van der Waals surface area contributed by atoms with Gasteiger partial charge in [-0.2, -0.15) is 0 Å². The molecule has 0 radical (unpaired) electrons. The fourth-order valence-electron chi connectivity index (χ4n) is 2.37. The first kappa shape index (κ1) is 15.4. The lowest BCUT2D eigenvalue weighted by Gasteiger charge is -2.37. The standard InChI is InChI=1S/C17H15ClN2O3/c18-13-8-6-12(7-9-13)14-15(16(21)19-14)20-17(22)23-10-11-4-2-1-3-5-11/h1-9,14-15H,10H2,(H,19,21)(H,20,22). The average Bonchev–Trinajstić information content (AvgIpc) is 2.58. The van der Waals surface area contributed by atoms with E-state index in [1.165, 1.54) is 0 Å². The number of nitrogens with one attached hydrogen (secondary N) is 2. The molecule has 3 rings (SSSR count). The highest BCUT2D eigenvalue weighted by Crippen LogP contribution is 2.25. The molecular formula is C17H15ClN2O3. The van der Waals surface area contributed by atoms with Crippen LogP contribution >= 0.6 is 11.6 Å². The highest BCUT2D eigenvalue weighted by Gasteiger charge is 2.41. The Morgan fingerprint density at radius 3 is 2.48 bits per heavy atom. The zero-order valence-corrected chi connectivity index (χ0v) is 12.9. The van der Waals surface area contributed by atoms with Crippen molar-refractivity contribution in [1.29, 1.82) is 0 Å². The summed E-state index contributed by atoms with van der Waals surface area (Å²) in [7, 11) is 0. The van der Waals surface area contributed by atoms with Crippen LogP contribution in [0.5, 0.6) is 0 Å². The predicted molar refractivity (Wildman–Crippen MR) is 85.9 cm³/mol. The average molecular weight is 331 g/mol. The van der Waals surface area contributed by atoms with Crippen molar-refractivity contribution in [1.82, 2.24) is 10.6 Å². The molecule has 2 atom stereocenters. The van der Waals surface area contributed by atoms with Crippen LogP contribution in [0.25, 0.3) is 0 Å². The van der Waals surface area contributed by atoms with Crippen LogP contribution < -0.4 is 10.6 Å². The van der Waals surface area contributed by atoms with Crippen molar-refractivity contribution in [2.75, 3.05) is 0 Å². The molecule has 0 spiro atoms. The van der Waals surface area contributed by atoms with E-state index in [1.807, 2.05) is 42.5 Å². The maximum Gasteiger partial charge on any atom is 0.408 e. The maximum atomic E-state index is 11.9. The molecule has 1 aliphatic heterocycles. The van der Waals surface area contributed by atoms with Crippen molar-refractivity contribution in [3.05, 3.63) is 70.7 Å². The molecular weight excluding hydrogens is 316 g/mol. The summed E-state index contributed by atoms with van der Waals surface area (Å²) < 4.78 is 5.13. The smallest absolute Gasteiger partial charge is 0.408 e. The van der Waals surface area contributed by atoms with Crippen LogP contribution in [0, 0.1) is 0 Å². The number of carbonyl (C=O) groups is 2. The number of ether oxygens (including phenoxy) is 1. The molecule has 23 heavy (non-hydrogen) atoms. The summed E-state index contributed by atoms with van der Waals surface area (Å²) in [6.07, 6.45) is -0.618. The molecule has 2 amide bonds. The third-order valence-corrected chi connectivity index (χ3v) is 3.88. The van der Waals surface area contributed by atoms with E-state index in [0.29, 0.717) is 5.02 Å². The fourth-order valence-corrected chi connectivity index (χ4v) is 2.49. The van der Waals surface area contributed by atoms with Crippen LogP contribution in [0.2, 0.25) is 5.02 Å². The van der Waals surface area contributed by atoms with Crippen molar-refractivity contribution in [2.45, 2.75) is 18.7 Å². The summed E-state index contributed by atoms with van der Waals surface area (Å²) >= 11 is 5.85. The Morgan fingerprint density at radius 1 is 1.13 bits per heavy atom. The topological polar surface area (TPSA) is 67.4 Å². The molecule has 0 bridgehead atoms. The number of benzene rings is 2. The summed E-state index contributed by atoms with van der Waals surface area (Å²) in [6, 6.07) is 15.5. The second-order valence-electron chi connectivity index (χ2n) is 5.22. The van der Waals surface area contributed by atoms with Gasteiger partial charge in [-0.05, 0) is 23.3 Å². The van der Waals surface area contributed by atoms with Crippen LogP contribution in [-0.4, -0.2) is 18.0 Å². The predicted octanol–water partition coefficient (Wildman–Crippen LogP) is 2.81. The van der Waals surface area contributed by atoms with Crippen LogP contribution in [0.3, 0.4) is 0 Å². The molecule has 2 N–H and O–H groups in total. The summed E-state index contributed by atoms with van der Waals surface area (Å²) in [5.74, 6) is -0.235. The van der Waals surface area contributed by atoms with Gasteiger partial charge in [0.25, 0.3) is 0 Å². The molecule has 2 aromatic carbocycles. The third kappa shape index (κ3) is 3.63. The molecule has 6 heteroatoms. The summed E-state index contributed by atoms with van der Waals surface area (Å²) in [5, 5.41) is 5.97. The monoisotopic (exact) mass is 330 g/mol. The minimum absolute atomic E-state index is 0.159. The molecule has 0 saturated carbocycles. The molecule has 118 valence electrons. The zero-order chi connectivity index (χ0) is 16.2. The van der Waals surface area contributed by atoms with Crippen LogP contribution in [0.1, 0.15) is 17.2 Å². The molecule has 1 heterocycles. The van der Waals surface area contributed by atoms with E-state index in [1.54, 1.807) is 12.1 Å². The van der Waals surface area contributed by atoms with Gasteiger partial charge in [0, 0.05) is 5.02 Å². The van der Waals surface area contributed by atoms with E-state index in [0.717, 1.165) is 11.1 Å². The lowest BCUT2D eigenvalue weighted by atomic mass is 9.92. The van der Waals surface area contributed by atoms with E-state index in [9.17, 15) is 9.59 Å². The molecule has 0 aromatic heterocycles. The first-order valence-electron chi connectivity index (χ1n) is 7.16. The number of β-lactam (4-membered cyclic amide) rings is 1. The zero-order valence-electron chi connectivity index (χ0n) is 12.2. The Hall–Kier alpha value is -2.53. The van der Waals surface area contributed by atoms with E-state index in [4.69, 9.17) is 16.3 Å². The van der Waals surface area contributed by atoms with Gasteiger partial charge < -0.3 is 15.4 Å². The molecule has 1 saturated heterocycles. The lowest BCUT2D eigenvalue weighted by molar-refractivity contribution is -0.131. The number of amides is 2. The first-order chi connectivity index (χ1) is 11.1. The van der Waals surface area contributed by atoms with Gasteiger partial charge in [0.05, 0.1) is 6.04 Å². The summed E-state index contributed by atoms with van der Waals surface area (Å²) in [6.45, 7) is 0.159. The summed E-state index contributed by atoms with van der Waals surface area (Å²) in [4.78, 5) is 23.5. The van der Waals surface area contributed by atoms with E-state index < -0.39 is 12.1 Å². The van der Waals surface area contributed by atoms with Gasteiger partial charge in [-0.25, -0.2) is 4.79 Å². The van der Waals surface area contributed by atoms with Crippen LogP contribution in [0.4, 0.5) is 4.79 Å². The quantitative estimate of drug-likeness (QED) is 0.847. The molecule has 1 aliphatic rings. The van der Waals surface area contributed by atoms with Crippen molar-refractivity contribution in [2.24, 2.45) is 0 Å². The van der Waals surface area contributed by atoms with E-state index in [-0.39, 0.29) is 18.6 Å². The first-order valence-corrected chi connectivity index (χ1v) is 7.54. The van der Waals surface area contributed by atoms with Gasteiger partial charge in [0.2, 0.25) is 5.91 Å². The normalized spacial score (nSPS) is 19.4. The van der Waals surface area contributed by atoms with Crippen LogP contribution in [0.15, 0.2) is 54.6 Å². The second kappa shape index (κ2) is 6.71. The Balaban J connectivity index is 1.56. The van der Waals surface area contributed by atoms with Gasteiger partial charge in [0.1, 0.15) is 12.6 Å². The highest BCUT2D eigenvalue weighted by atomic mass is 35.5. The summed E-state index contributed by atoms with van der Waals surface area (Å²) in [5.41, 5.74) is 1.76. The Morgan fingerprint density at radius 2 is 1.83 bits per heavy atom. The van der Waals surface area contributed by atoms with Gasteiger partial charge >= 0.3 is 6.09 Å². The number of hydrogen-bond donors (Lipinski definition) is 2. The second-order valence-corrected chi connectivity index (χ2v) is 5.66. The van der Waals surface area contributed by atoms with Gasteiger partial charge in [0.15, 0.2) is 0 Å². The minimum Gasteiger partial charge on any atom is -0.445 e. The minimum atomic E-state index is -0.639. The highest BCUT2D eigenvalue weighted by molar-refractivity contribution is 6.30. The molecule has 5 nitrogen and oxygen atoms in total. The Labute approximate surface area is 138 Å². The molecule has 0 aliphatic carbocycles. The van der Waals surface area contributed by atoms with Crippen molar-refractivity contribution in [3.8, 4) is 0 Å². The number of hydrogen-bond acceptors (Lipinski definition) is 3. The Bertz CT molecular complexity index is 704. The van der Waals surface area contributed by atoms with Crippen molar-refractivity contribution in [3.63, 3.8) is 0 Å². The molecule has 1 fully saturated rings. The number of carbonyl (C=O) groups excluding carboxylic acids is 2. The van der Waals surface area contributed by atoms with E-state index >= 15 is 0 Å². The van der Waals surface area contributed by atoms with Crippen LogP contribution in [-0.2, 0) is 16.1 Å². The van der Waals surface area contributed by atoms with Crippen molar-refractivity contribution >= 4 is 23.6 Å². The number of rotatable bonds is 4. The van der Waals surface area contributed by atoms with Gasteiger partial charge in [-0.3, -0.25) is 4.79 Å². The van der Waals surface area contributed by atoms with Gasteiger partial charge in [-0.1, -0.05) is 54.1 Å². The lowest BCUT2D eigenvalue weighted by Crippen LogP contribution is -2.63. The van der Waals surface area contributed by atoms with Crippen molar-refractivity contribution < 1.29 is 14.3 Å². The van der Waals surface area contributed by atoms with Gasteiger partial charge in [-0.15, -0.1) is 0 Å². The fraction of sp³-hybridized carbons (Fsp3) is 0.176. The number of halogens is 1.